The molecule has 0 amide bonds. The van der Waals surface area contributed by atoms with E-state index in [0.717, 1.165) is 22.9 Å². The van der Waals surface area contributed by atoms with Crippen LogP contribution < -0.4 is 0 Å². The first-order chi connectivity index (χ1) is 16.3. The number of Topliss-reactive ketones (excluding diaryl/α,β-unsaturated/α-hetero) is 2. The van der Waals surface area contributed by atoms with Crippen molar-refractivity contribution in [2.24, 2.45) is 0 Å². The van der Waals surface area contributed by atoms with E-state index >= 15 is 0 Å². The quantitative estimate of drug-likeness (QED) is 0.200. The molecule has 4 nitrogen and oxygen atoms in total. The average Bonchev–Trinajstić information content (AvgIpc) is 3.45. The van der Waals surface area contributed by atoms with Crippen molar-refractivity contribution in [1.29, 1.82) is 0 Å². The molecule has 0 spiro atoms. The maximum Gasteiger partial charge on any atom is 0.416 e. The van der Waals surface area contributed by atoms with E-state index in [1.807, 2.05) is 24.3 Å². The first kappa shape index (κ1) is 20.6. The van der Waals surface area contributed by atoms with Crippen molar-refractivity contribution in [2.75, 3.05) is 0 Å². The number of nitrogens with zero attached hydrogens (tertiary/aromatic N) is 1. The number of halogens is 3. The molecule has 5 aromatic rings. The van der Waals surface area contributed by atoms with Crippen LogP contribution in [0, 0.1) is 0 Å². The summed E-state index contributed by atoms with van der Waals surface area (Å²) in [6.07, 6.45) is -2.88. The number of carbonyl (C=O) groups excluding carboxylic acids is 2. The van der Waals surface area contributed by atoms with Gasteiger partial charge in [-0.2, -0.15) is 18.2 Å². The van der Waals surface area contributed by atoms with Crippen LogP contribution in [0.2, 0.25) is 0 Å². The minimum atomic E-state index is -4.42. The summed E-state index contributed by atoms with van der Waals surface area (Å²) in [6.45, 7) is 0. The highest BCUT2D eigenvalue weighted by molar-refractivity contribution is 7.19. The highest BCUT2D eigenvalue weighted by atomic mass is 32.1. The van der Waals surface area contributed by atoms with Gasteiger partial charge in [-0.05, 0) is 53.2 Å². The minimum absolute atomic E-state index is 0.0807. The van der Waals surface area contributed by atoms with Crippen LogP contribution in [-0.4, -0.2) is 16.6 Å². The number of allylic oxidation sites excluding steroid dienone is 1. The van der Waals surface area contributed by atoms with E-state index in [1.165, 1.54) is 29.5 Å². The van der Waals surface area contributed by atoms with Gasteiger partial charge in [-0.1, -0.05) is 24.3 Å². The van der Waals surface area contributed by atoms with Crippen LogP contribution in [0.1, 0.15) is 31.2 Å². The van der Waals surface area contributed by atoms with Gasteiger partial charge in [-0.3, -0.25) is 9.59 Å². The molecular formula is C26H12F3NO3S. The second-order valence-electron chi connectivity index (χ2n) is 7.87. The second kappa shape index (κ2) is 7.23. The van der Waals surface area contributed by atoms with Crippen LogP contribution in [0.4, 0.5) is 13.2 Å². The van der Waals surface area contributed by atoms with Gasteiger partial charge in [-0.25, -0.2) is 0 Å². The maximum atomic E-state index is 12.9. The fourth-order valence-electron chi connectivity index (χ4n) is 4.03. The molecule has 3 aromatic carbocycles. The lowest BCUT2D eigenvalue weighted by Gasteiger charge is -2.05. The summed E-state index contributed by atoms with van der Waals surface area (Å²) in [6, 6.07) is 17.2. The Morgan fingerprint density at radius 2 is 1.47 bits per heavy atom. The predicted octanol–water partition coefficient (Wildman–Crippen LogP) is 7.19. The van der Waals surface area contributed by atoms with Crippen LogP contribution >= 0.6 is 11.3 Å². The Morgan fingerprint density at radius 1 is 0.853 bits per heavy atom. The SMILES string of the molecule is O=C1C(=Cc2cc3oc(-c4ccc(C(F)(F)F)cc4)nc3s2)C(=O)c2cc3ccccc3cc21. The molecule has 1 aliphatic rings. The molecule has 0 fully saturated rings. The summed E-state index contributed by atoms with van der Waals surface area (Å²) in [4.78, 5) is 31.4. The summed E-state index contributed by atoms with van der Waals surface area (Å²) in [5.74, 6) is -0.454. The zero-order valence-corrected chi connectivity index (χ0v) is 18.0. The predicted molar refractivity (Wildman–Crippen MR) is 123 cm³/mol. The topological polar surface area (TPSA) is 60.2 Å². The number of alkyl halides is 3. The molecule has 1 aliphatic carbocycles. The Balaban J connectivity index is 1.32. The Hall–Kier alpha value is -4.04. The van der Waals surface area contributed by atoms with E-state index in [1.54, 1.807) is 18.2 Å². The van der Waals surface area contributed by atoms with Gasteiger partial charge >= 0.3 is 6.18 Å². The van der Waals surface area contributed by atoms with Crippen LogP contribution in [0.5, 0.6) is 0 Å². The van der Waals surface area contributed by atoms with E-state index < -0.39 is 11.7 Å². The number of hydrogen-bond donors (Lipinski definition) is 0. The average molecular weight is 475 g/mol. The summed E-state index contributed by atoms with van der Waals surface area (Å²) >= 11 is 1.23. The maximum absolute atomic E-state index is 12.9. The number of oxazole rings is 1. The molecule has 34 heavy (non-hydrogen) atoms. The van der Waals surface area contributed by atoms with Crippen molar-refractivity contribution in [3.05, 3.63) is 93.9 Å². The van der Waals surface area contributed by atoms with Gasteiger partial charge in [0, 0.05) is 27.6 Å². The number of benzene rings is 3. The Kier molecular flexibility index (Phi) is 4.37. The van der Waals surface area contributed by atoms with E-state index in [9.17, 15) is 22.8 Å². The van der Waals surface area contributed by atoms with Crippen LogP contribution in [0.3, 0.4) is 0 Å². The van der Waals surface area contributed by atoms with Crippen molar-refractivity contribution in [1.82, 2.24) is 4.98 Å². The van der Waals surface area contributed by atoms with E-state index in [0.29, 0.717) is 32.0 Å². The van der Waals surface area contributed by atoms with Crippen molar-refractivity contribution in [3.8, 4) is 11.5 Å². The molecule has 0 aliphatic heterocycles. The summed E-state index contributed by atoms with van der Waals surface area (Å²) in [5, 5.41) is 1.77. The molecule has 0 bridgehead atoms. The lowest BCUT2D eigenvalue weighted by Crippen LogP contribution is -2.03. The van der Waals surface area contributed by atoms with E-state index in [4.69, 9.17) is 4.42 Å². The number of thiophene rings is 1. The molecule has 0 saturated heterocycles. The molecule has 166 valence electrons. The van der Waals surface area contributed by atoms with Gasteiger partial charge in [0.25, 0.3) is 0 Å². The Morgan fingerprint density at radius 3 is 2.03 bits per heavy atom. The lowest BCUT2D eigenvalue weighted by atomic mass is 10.0. The normalized spacial score (nSPS) is 13.8. The molecule has 0 unspecified atom stereocenters. The van der Waals surface area contributed by atoms with E-state index in [-0.39, 0.29) is 23.0 Å². The van der Waals surface area contributed by atoms with Gasteiger partial charge in [0.1, 0.15) is 0 Å². The van der Waals surface area contributed by atoms with Gasteiger partial charge in [0.05, 0.1) is 11.1 Å². The zero-order chi connectivity index (χ0) is 23.6. The highest BCUT2D eigenvalue weighted by Gasteiger charge is 2.34. The van der Waals surface area contributed by atoms with Crippen molar-refractivity contribution in [2.45, 2.75) is 6.18 Å². The van der Waals surface area contributed by atoms with Crippen LogP contribution in [0.25, 0.3) is 38.7 Å². The largest absolute Gasteiger partial charge is 0.435 e. The van der Waals surface area contributed by atoms with Crippen molar-refractivity contribution < 1.29 is 27.2 Å². The third-order valence-electron chi connectivity index (χ3n) is 5.72. The van der Waals surface area contributed by atoms with Gasteiger partial charge in [0.15, 0.2) is 22.0 Å². The summed E-state index contributed by atoms with van der Waals surface area (Å²) in [7, 11) is 0. The second-order valence-corrected chi connectivity index (χ2v) is 8.94. The first-order valence-corrected chi connectivity index (χ1v) is 11.0. The number of carbonyl (C=O) groups is 2. The monoisotopic (exact) mass is 475 g/mol. The molecular weight excluding hydrogens is 463 g/mol. The molecule has 0 atom stereocenters. The van der Waals surface area contributed by atoms with Gasteiger partial charge in [-0.15, -0.1) is 11.3 Å². The Labute approximate surface area is 194 Å². The summed E-state index contributed by atoms with van der Waals surface area (Å²) < 4.78 is 44.0. The number of hydrogen-bond acceptors (Lipinski definition) is 5. The lowest BCUT2D eigenvalue weighted by molar-refractivity contribution is -0.137. The third kappa shape index (κ3) is 3.26. The number of aromatic nitrogens is 1. The fourth-order valence-corrected chi connectivity index (χ4v) is 4.93. The zero-order valence-electron chi connectivity index (χ0n) is 17.1. The summed E-state index contributed by atoms with van der Waals surface area (Å²) in [5.41, 5.74) is 0.944. The molecule has 0 radical (unpaired) electrons. The van der Waals surface area contributed by atoms with Crippen LogP contribution in [-0.2, 0) is 6.18 Å². The Bertz CT molecular complexity index is 1590. The van der Waals surface area contributed by atoms with Gasteiger partial charge in [0.2, 0.25) is 5.89 Å². The minimum Gasteiger partial charge on any atom is -0.435 e. The molecule has 2 aromatic heterocycles. The molecule has 0 N–H and O–H groups in total. The number of fused-ring (bicyclic) bond motifs is 3. The number of rotatable bonds is 2. The van der Waals surface area contributed by atoms with Crippen molar-refractivity contribution in [3.63, 3.8) is 0 Å². The standard InChI is InChI=1S/C26H12F3NO3S/c27-26(28,29)16-7-5-13(6-8-16)24-30-25-21(33-24)12-17(34-25)11-20-22(31)18-9-14-3-1-2-4-15(14)10-19(18)23(20)32/h1-12H. The first-order valence-electron chi connectivity index (χ1n) is 10.2. The molecule has 0 saturated carbocycles. The molecule has 2 heterocycles. The molecule has 6 rings (SSSR count). The van der Waals surface area contributed by atoms with Crippen molar-refractivity contribution >= 4 is 50.2 Å². The van der Waals surface area contributed by atoms with Gasteiger partial charge < -0.3 is 4.42 Å². The van der Waals surface area contributed by atoms with E-state index in [2.05, 4.69) is 4.98 Å². The third-order valence-corrected chi connectivity index (χ3v) is 6.68. The van der Waals surface area contributed by atoms with Crippen LogP contribution in [0.15, 0.2) is 76.7 Å². The highest BCUT2D eigenvalue weighted by Crippen LogP contribution is 2.36. The number of ketones is 2. The fraction of sp³-hybridized carbons (Fsp3) is 0.0385. The molecule has 8 heteroatoms. The smallest absolute Gasteiger partial charge is 0.416 e.